The summed E-state index contributed by atoms with van der Waals surface area (Å²) in [6, 6.07) is 1.92. The van der Waals surface area contributed by atoms with Gasteiger partial charge in [0.2, 0.25) is 5.91 Å². The van der Waals surface area contributed by atoms with E-state index in [1.165, 1.54) is 11.3 Å². The zero-order chi connectivity index (χ0) is 12.1. The van der Waals surface area contributed by atoms with Gasteiger partial charge in [0, 0.05) is 16.4 Å². The van der Waals surface area contributed by atoms with Crippen LogP contribution in [0.25, 0.3) is 0 Å². The van der Waals surface area contributed by atoms with Crippen molar-refractivity contribution >= 4 is 38.2 Å². The molecule has 90 valence electrons. The number of thiophene rings is 1. The first-order valence-electron chi connectivity index (χ1n) is 5.24. The summed E-state index contributed by atoms with van der Waals surface area (Å²) in [5.41, 5.74) is 0. The molecular formula is C11H17BrN2OS. The maximum atomic E-state index is 12.0. The highest BCUT2D eigenvalue weighted by molar-refractivity contribution is 9.10. The SMILES string of the molecule is CNCC(C(=O)Nc1cc(Br)cs1)C(C)C. The van der Waals surface area contributed by atoms with Gasteiger partial charge in [0.25, 0.3) is 0 Å². The van der Waals surface area contributed by atoms with Gasteiger partial charge >= 0.3 is 0 Å². The van der Waals surface area contributed by atoms with Gasteiger partial charge in [0.1, 0.15) is 0 Å². The number of amides is 1. The van der Waals surface area contributed by atoms with Crippen LogP contribution in [0.1, 0.15) is 13.8 Å². The minimum absolute atomic E-state index is 0.00544. The molecule has 0 aliphatic heterocycles. The highest BCUT2D eigenvalue weighted by Gasteiger charge is 2.21. The lowest BCUT2D eigenvalue weighted by Crippen LogP contribution is -2.34. The summed E-state index contributed by atoms with van der Waals surface area (Å²) in [7, 11) is 1.87. The zero-order valence-electron chi connectivity index (χ0n) is 9.71. The van der Waals surface area contributed by atoms with Crippen molar-refractivity contribution in [3.63, 3.8) is 0 Å². The molecule has 2 N–H and O–H groups in total. The van der Waals surface area contributed by atoms with Gasteiger partial charge in [-0.3, -0.25) is 4.79 Å². The molecule has 1 unspecified atom stereocenters. The van der Waals surface area contributed by atoms with Crippen LogP contribution in [0.2, 0.25) is 0 Å². The number of carbonyl (C=O) groups excluding carboxylic acids is 1. The van der Waals surface area contributed by atoms with Crippen LogP contribution >= 0.6 is 27.3 Å². The highest BCUT2D eigenvalue weighted by Crippen LogP contribution is 2.25. The molecule has 0 aliphatic rings. The third-order valence-electron chi connectivity index (χ3n) is 2.38. The lowest BCUT2D eigenvalue weighted by Gasteiger charge is -2.19. The molecule has 0 bridgehead atoms. The van der Waals surface area contributed by atoms with Crippen molar-refractivity contribution in [2.24, 2.45) is 11.8 Å². The van der Waals surface area contributed by atoms with E-state index in [2.05, 4.69) is 40.4 Å². The van der Waals surface area contributed by atoms with Crippen LogP contribution in [0.3, 0.4) is 0 Å². The van der Waals surface area contributed by atoms with Crippen molar-refractivity contribution in [1.29, 1.82) is 0 Å². The number of hydrogen-bond donors (Lipinski definition) is 2. The molecule has 1 aromatic rings. The Morgan fingerprint density at radius 1 is 1.56 bits per heavy atom. The van der Waals surface area contributed by atoms with Crippen molar-refractivity contribution < 1.29 is 4.79 Å². The summed E-state index contributed by atoms with van der Waals surface area (Å²) >= 11 is 4.89. The monoisotopic (exact) mass is 304 g/mol. The molecule has 0 aliphatic carbocycles. The first-order chi connectivity index (χ1) is 7.54. The number of halogens is 1. The molecule has 0 spiro atoms. The standard InChI is InChI=1S/C11H17BrN2OS/c1-7(2)9(5-13-3)11(15)14-10-4-8(12)6-16-10/h4,6-7,9,13H,5H2,1-3H3,(H,14,15). The first kappa shape index (κ1) is 13.7. The predicted octanol–water partition coefficient (Wildman–Crippen LogP) is 2.94. The fourth-order valence-corrected chi connectivity index (χ4v) is 2.77. The van der Waals surface area contributed by atoms with Crippen molar-refractivity contribution in [1.82, 2.24) is 5.32 Å². The van der Waals surface area contributed by atoms with Gasteiger partial charge in [-0.05, 0) is 35.0 Å². The number of rotatable bonds is 5. The van der Waals surface area contributed by atoms with Crippen molar-refractivity contribution in [3.8, 4) is 0 Å². The molecule has 0 radical (unpaired) electrons. The molecular weight excluding hydrogens is 288 g/mol. The zero-order valence-corrected chi connectivity index (χ0v) is 12.1. The second kappa shape index (κ2) is 6.37. The third kappa shape index (κ3) is 3.88. The fourth-order valence-electron chi connectivity index (χ4n) is 1.44. The Bertz CT molecular complexity index is 352. The van der Waals surface area contributed by atoms with E-state index in [9.17, 15) is 4.79 Å². The van der Waals surface area contributed by atoms with Crippen LogP contribution in [0, 0.1) is 11.8 Å². The lowest BCUT2D eigenvalue weighted by molar-refractivity contribution is -0.120. The highest BCUT2D eigenvalue weighted by atomic mass is 79.9. The van der Waals surface area contributed by atoms with Crippen LogP contribution in [0.5, 0.6) is 0 Å². The smallest absolute Gasteiger partial charge is 0.229 e. The molecule has 5 heteroatoms. The number of hydrogen-bond acceptors (Lipinski definition) is 3. The van der Waals surface area contributed by atoms with E-state index < -0.39 is 0 Å². The quantitative estimate of drug-likeness (QED) is 0.878. The minimum Gasteiger partial charge on any atom is -0.319 e. The Kier molecular flexibility index (Phi) is 5.44. The summed E-state index contributed by atoms with van der Waals surface area (Å²) < 4.78 is 1.00. The van der Waals surface area contributed by atoms with E-state index >= 15 is 0 Å². The third-order valence-corrected chi connectivity index (χ3v) is 3.99. The molecule has 1 aromatic heterocycles. The van der Waals surface area contributed by atoms with Gasteiger partial charge in [0.05, 0.1) is 10.9 Å². The summed E-state index contributed by atoms with van der Waals surface area (Å²) in [5, 5.41) is 8.84. The van der Waals surface area contributed by atoms with Crippen LogP contribution in [-0.4, -0.2) is 19.5 Å². The number of nitrogens with one attached hydrogen (secondary N) is 2. The molecule has 1 amide bonds. The predicted molar refractivity (Wildman–Crippen MR) is 72.9 cm³/mol. The van der Waals surface area contributed by atoms with E-state index in [1.54, 1.807) is 0 Å². The van der Waals surface area contributed by atoms with Gasteiger partial charge in [-0.1, -0.05) is 13.8 Å². The maximum absolute atomic E-state index is 12.0. The molecule has 1 heterocycles. The van der Waals surface area contributed by atoms with Crippen LogP contribution in [0.4, 0.5) is 5.00 Å². The van der Waals surface area contributed by atoms with Crippen molar-refractivity contribution in [2.45, 2.75) is 13.8 Å². The Hall–Kier alpha value is -0.390. The largest absolute Gasteiger partial charge is 0.319 e. The minimum atomic E-state index is 0.00544. The second-order valence-electron chi connectivity index (χ2n) is 4.03. The molecule has 1 rings (SSSR count). The van der Waals surface area contributed by atoms with E-state index in [4.69, 9.17) is 0 Å². The average Bonchev–Trinajstić information content (AvgIpc) is 2.59. The van der Waals surface area contributed by atoms with Gasteiger partial charge in [-0.2, -0.15) is 0 Å². The van der Waals surface area contributed by atoms with Crippen molar-refractivity contribution in [2.75, 3.05) is 18.9 Å². The molecule has 0 aromatic carbocycles. The Labute approximate surface area is 109 Å². The Morgan fingerprint density at radius 3 is 2.69 bits per heavy atom. The number of anilines is 1. The normalized spacial score (nSPS) is 12.8. The molecule has 16 heavy (non-hydrogen) atoms. The maximum Gasteiger partial charge on any atom is 0.229 e. The van der Waals surface area contributed by atoms with Crippen LogP contribution < -0.4 is 10.6 Å². The van der Waals surface area contributed by atoms with E-state index in [-0.39, 0.29) is 11.8 Å². The Balaban J connectivity index is 2.61. The molecule has 0 saturated carbocycles. The summed E-state index contributed by atoms with van der Waals surface area (Å²) in [4.78, 5) is 12.0. The number of carbonyl (C=O) groups is 1. The van der Waals surface area contributed by atoms with Crippen LogP contribution in [-0.2, 0) is 4.79 Å². The molecule has 0 saturated heterocycles. The Morgan fingerprint density at radius 2 is 2.25 bits per heavy atom. The first-order valence-corrected chi connectivity index (χ1v) is 6.91. The summed E-state index contributed by atoms with van der Waals surface area (Å²) in [6.45, 7) is 4.83. The summed E-state index contributed by atoms with van der Waals surface area (Å²) in [5.74, 6) is 0.417. The topological polar surface area (TPSA) is 41.1 Å². The molecule has 1 atom stereocenters. The van der Waals surface area contributed by atoms with E-state index in [0.717, 1.165) is 9.47 Å². The van der Waals surface area contributed by atoms with Crippen LogP contribution in [0.15, 0.2) is 15.9 Å². The lowest BCUT2D eigenvalue weighted by atomic mass is 9.95. The van der Waals surface area contributed by atoms with Gasteiger partial charge in [-0.15, -0.1) is 11.3 Å². The molecule has 3 nitrogen and oxygen atoms in total. The van der Waals surface area contributed by atoms with Gasteiger partial charge < -0.3 is 10.6 Å². The fraction of sp³-hybridized carbons (Fsp3) is 0.545. The molecule has 0 fully saturated rings. The average molecular weight is 305 g/mol. The van der Waals surface area contributed by atoms with Gasteiger partial charge in [0.15, 0.2) is 0 Å². The van der Waals surface area contributed by atoms with Crippen molar-refractivity contribution in [3.05, 3.63) is 15.9 Å². The second-order valence-corrected chi connectivity index (χ2v) is 5.85. The summed E-state index contributed by atoms with van der Waals surface area (Å²) in [6.07, 6.45) is 0. The van der Waals surface area contributed by atoms with Gasteiger partial charge in [-0.25, -0.2) is 0 Å². The van der Waals surface area contributed by atoms with E-state index in [1.807, 2.05) is 18.5 Å². The van der Waals surface area contributed by atoms with E-state index in [0.29, 0.717) is 12.5 Å².